The lowest BCUT2D eigenvalue weighted by molar-refractivity contribution is 0.508. The van der Waals surface area contributed by atoms with Gasteiger partial charge < -0.3 is 4.98 Å². The summed E-state index contributed by atoms with van der Waals surface area (Å²) < 4.78 is 28.1. The topological polar surface area (TPSA) is 33.6 Å². The summed E-state index contributed by atoms with van der Waals surface area (Å²) in [6, 6.07) is 5.20. The first-order chi connectivity index (χ1) is 9.06. The molecule has 2 aromatic heterocycles. The molecule has 0 aliphatic rings. The first kappa shape index (κ1) is 12.3. The Balaban J connectivity index is 2.32. The van der Waals surface area contributed by atoms with Gasteiger partial charge in [-0.1, -0.05) is 11.6 Å². The molecule has 0 radical (unpaired) electrons. The van der Waals surface area contributed by atoms with Crippen LogP contribution >= 0.6 is 23.8 Å². The SMILES string of the molecule is Fc1ccc(-n2c(=S)[nH]c3cc(Cl)cnc32)cc1F. The van der Waals surface area contributed by atoms with E-state index >= 15 is 0 Å². The van der Waals surface area contributed by atoms with Crippen molar-refractivity contribution in [3.63, 3.8) is 0 Å². The molecular weight excluding hydrogens is 292 g/mol. The molecule has 3 rings (SSSR count). The van der Waals surface area contributed by atoms with Crippen molar-refractivity contribution >= 4 is 35.0 Å². The molecule has 3 aromatic rings. The first-order valence-electron chi connectivity index (χ1n) is 5.28. The number of rotatable bonds is 1. The number of fused-ring (bicyclic) bond motifs is 1. The lowest BCUT2D eigenvalue weighted by atomic mass is 10.3. The smallest absolute Gasteiger partial charge is 0.184 e. The number of benzene rings is 1. The van der Waals surface area contributed by atoms with Crippen LogP contribution in [0, 0.1) is 16.4 Å². The van der Waals surface area contributed by atoms with E-state index in [0.717, 1.165) is 12.1 Å². The highest BCUT2D eigenvalue weighted by Gasteiger charge is 2.10. The van der Waals surface area contributed by atoms with Crippen LogP contribution < -0.4 is 0 Å². The van der Waals surface area contributed by atoms with Crippen molar-refractivity contribution in [2.45, 2.75) is 0 Å². The van der Waals surface area contributed by atoms with Gasteiger partial charge in [0.1, 0.15) is 0 Å². The third-order valence-corrected chi connectivity index (χ3v) is 3.14. The molecule has 0 bridgehead atoms. The largest absolute Gasteiger partial charge is 0.329 e. The van der Waals surface area contributed by atoms with E-state index in [-0.39, 0.29) is 0 Å². The minimum atomic E-state index is -0.942. The number of hydrogen-bond donors (Lipinski definition) is 1. The molecule has 0 aliphatic carbocycles. The van der Waals surface area contributed by atoms with E-state index in [0.29, 0.717) is 26.6 Å². The van der Waals surface area contributed by atoms with Crippen LogP contribution in [0.15, 0.2) is 30.5 Å². The highest BCUT2D eigenvalue weighted by atomic mass is 35.5. The second-order valence-corrected chi connectivity index (χ2v) is 4.71. The van der Waals surface area contributed by atoms with Gasteiger partial charge in [0.2, 0.25) is 0 Å². The molecule has 19 heavy (non-hydrogen) atoms. The molecule has 1 aromatic carbocycles. The van der Waals surface area contributed by atoms with Crippen LogP contribution in [0.5, 0.6) is 0 Å². The fourth-order valence-corrected chi connectivity index (χ4v) is 2.29. The third kappa shape index (κ3) is 2.02. The molecule has 0 unspecified atom stereocenters. The lowest BCUT2D eigenvalue weighted by Gasteiger charge is -2.04. The van der Waals surface area contributed by atoms with Gasteiger partial charge in [0, 0.05) is 12.3 Å². The van der Waals surface area contributed by atoms with Gasteiger partial charge in [-0.3, -0.25) is 4.57 Å². The summed E-state index contributed by atoms with van der Waals surface area (Å²) in [4.78, 5) is 7.06. The molecule has 0 atom stereocenters. The zero-order chi connectivity index (χ0) is 13.6. The number of imidazole rings is 1. The van der Waals surface area contributed by atoms with Crippen LogP contribution in [-0.2, 0) is 0 Å². The molecular formula is C12H6ClF2N3S. The Hall–Kier alpha value is -1.79. The van der Waals surface area contributed by atoms with Crippen LogP contribution in [0.1, 0.15) is 0 Å². The maximum atomic E-state index is 13.3. The fraction of sp³-hybridized carbons (Fsp3) is 0. The summed E-state index contributed by atoms with van der Waals surface area (Å²) in [7, 11) is 0. The Morgan fingerprint density at radius 3 is 2.74 bits per heavy atom. The minimum Gasteiger partial charge on any atom is -0.329 e. The predicted octanol–water partition coefficient (Wildman–Crippen LogP) is 4.01. The maximum absolute atomic E-state index is 13.3. The van der Waals surface area contributed by atoms with Gasteiger partial charge in [0.15, 0.2) is 22.1 Å². The summed E-state index contributed by atoms with van der Waals surface area (Å²) in [5, 5.41) is 0.459. The van der Waals surface area contributed by atoms with E-state index in [1.54, 1.807) is 6.07 Å². The highest BCUT2D eigenvalue weighted by molar-refractivity contribution is 7.71. The van der Waals surface area contributed by atoms with Crippen LogP contribution in [0.2, 0.25) is 5.02 Å². The molecule has 96 valence electrons. The molecule has 1 N–H and O–H groups in total. The number of aromatic amines is 1. The van der Waals surface area contributed by atoms with Crippen LogP contribution in [0.3, 0.4) is 0 Å². The molecule has 2 heterocycles. The van der Waals surface area contributed by atoms with E-state index in [2.05, 4.69) is 9.97 Å². The zero-order valence-electron chi connectivity index (χ0n) is 9.32. The van der Waals surface area contributed by atoms with Crippen LogP contribution in [0.25, 0.3) is 16.9 Å². The van der Waals surface area contributed by atoms with Gasteiger partial charge in [0.25, 0.3) is 0 Å². The van der Waals surface area contributed by atoms with Crippen molar-refractivity contribution in [3.8, 4) is 5.69 Å². The monoisotopic (exact) mass is 297 g/mol. The second kappa shape index (κ2) is 4.40. The third-order valence-electron chi connectivity index (χ3n) is 2.65. The van der Waals surface area contributed by atoms with Gasteiger partial charge in [-0.05, 0) is 30.4 Å². The summed E-state index contributed by atoms with van der Waals surface area (Å²) in [6.07, 6.45) is 1.46. The van der Waals surface area contributed by atoms with Crippen molar-refractivity contribution in [1.29, 1.82) is 0 Å². The van der Waals surface area contributed by atoms with Crippen LogP contribution in [0.4, 0.5) is 8.78 Å². The molecule has 7 heteroatoms. The number of H-pyrrole nitrogens is 1. The van der Waals surface area contributed by atoms with Crippen molar-refractivity contribution in [2.75, 3.05) is 0 Å². The van der Waals surface area contributed by atoms with Gasteiger partial charge in [0.05, 0.1) is 16.2 Å². The first-order valence-corrected chi connectivity index (χ1v) is 6.06. The van der Waals surface area contributed by atoms with E-state index in [1.165, 1.54) is 16.8 Å². The van der Waals surface area contributed by atoms with Crippen molar-refractivity contribution in [1.82, 2.24) is 14.5 Å². The van der Waals surface area contributed by atoms with Crippen molar-refractivity contribution in [2.24, 2.45) is 0 Å². The Labute approximate surface area is 116 Å². The summed E-state index contributed by atoms with van der Waals surface area (Å²) in [6.45, 7) is 0. The fourth-order valence-electron chi connectivity index (χ4n) is 1.83. The maximum Gasteiger partial charge on any atom is 0.184 e. The normalized spacial score (nSPS) is 11.1. The average Bonchev–Trinajstić information content (AvgIpc) is 2.68. The molecule has 0 amide bonds. The Kier molecular flexibility index (Phi) is 2.83. The number of aromatic nitrogens is 3. The Bertz CT molecular complexity index is 841. The molecule has 0 saturated carbocycles. The van der Waals surface area contributed by atoms with E-state index in [9.17, 15) is 8.78 Å². The summed E-state index contributed by atoms with van der Waals surface area (Å²) >= 11 is 11.0. The molecule has 0 saturated heterocycles. The average molecular weight is 298 g/mol. The van der Waals surface area contributed by atoms with E-state index in [4.69, 9.17) is 23.8 Å². The number of hydrogen-bond acceptors (Lipinski definition) is 2. The van der Waals surface area contributed by atoms with Gasteiger partial charge in [-0.25, -0.2) is 13.8 Å². The standard InChI is InChI=1S/C12H6ClF2N3S/c13-6-3-10-11(16-5-6)18(12(19)17-10)7-1-2-8(14)9(15)4-7/h1-5H,(H,17,19). The van der Waals surface area contributed by atoms with Crippen molar-refractivity contribution < 1.29 is 8.78 Å². The van der Waals surface area contributed by atoms with Crippen molar-refractivity contribution in [3.05, 3.63) is 51.9 Å². The molecule has 0 aliphatic heterocycles. The highest BCUT2D eigenvalue weighted by Crippen LogP contribution is 2.21. The second-order valence-electron chi connectivity index (χ2n) is 3.89. The minimum absolute atomic E-state index is 0.329. The quantitative estimate of drug-likeness (QED) is 0.688. The Morgan fingerprint density at radius 2 is 2.00 bits per heavy atom. The molecule has 0 spiro atoms. The number of pyridine rings is 1. The Morgan fingerprint density at radius 1 is 1.21 bits per heavy atom. The number of halogens is 3. The lowest BCUT2D eigenvalue weighted by Crippen LogP contribution is -1.97. The summed E-state index contributed by atoms with van der Waals surface area (Å²) in [5.41, 5.74) is 1.52. The van der Waals surface area contributed by atoms with Gasteiger partial charge >= 0.3 is 0 Å². The van der Waals surface area contributed by atoms with Gasteiger partial charge in [-0.15, -0.1) is 0 Å². The van der Waals surface area contributed by atoms with E-state index in [1.807, 2.05) is 0 Å². The van der Waals surface area contributed by atoms with E-state index < -0.39 is 11.6 Å². The number of nitrogens with zero attached hydrogens (tertiary/aromatic N) is 2. The number of nitrogens with one attached hydrogen (secondary N) is 1. The zero-order valence-corrected chi connectivity index (χ0v) is 10.9. The summed E-state index contributed by atoms with van der Waals surface area (Å²) in [5.74, 6) is -1.85. The van der Waals surface area contributed by atoms with Gasteiger partial charge in [-0.2, -0.15) is 0 Å². The molecule has 3 nitrogen and oxygen atoms in total. The van der Waals surface area contributed by atoms with Crippen LogP contribution in [-0.4, -0.2) is 14.5 Å². The predicted molar refractivity (Wildman–Crippen MR) is 71.2 cm³/mol. The molecule has 0 fully saturated rings.